The van der Waals surface area contributed by atoms with Gasteiger partial charge < -0.3 is 31.5 Å². The average Bonchev–Trinajstić information content (AvgIpc) is 2.98. The third kappa shape index (κ3) is 2.46. The van der Waals surface area contributed by atoms with Crippen molar-refractivity contribution in [3.8, 4) is 0 Å². The van der Waals surface area contributed by atoms with Gasteiger partial charge in [0.25, 0.3) is 11.8 Å². The molecular formula is C12H18N4O6. The molecule has 0 radical (unpaired) electrons. The third-order valence-corrected chi connectivity index (χ3v) is 3.54. The summed E-state index contributed by atoms with van der Waals surface area (Å²) >= 11 is 0. The van der Waals surface area contributed by atoms with E-state index in [2.05, 4.69) is 4.98 Å². The lowest BCUT2D eigenvalue weighted by atomic mass is 10.1. The van der Waals surface area contributed by atoms with E-state index in [1.165, 1.54) is 0 Å². The van der Waals surface area contributed by atoms with Crippen molar-refractivity contribution >= 4 is 11.8 Å². The molecule has 0 aliphatic carbocycles. The van der Waals surface area contributed by atoms with Gasteiger partial charge in [-0.1, -0.05) is 6.92 Å². The van der Waals surface area contributed by atoms with Gasteiger partial charge in [0.1, 0.15) is 29.8 Å². The maximum Gasteiger partial charge on any atom is 0.269 e. The molecule has 1 aliphatic heterocycles. The minimum atomic E-state index is -1.43. The fourth-order valence-electron chi connectivity index (χ4n) is 2.50. The Morgan fingerprint density at radius 2 is 1.91 bits per heavy atom. The number of primary amides is 2. The van der Waals surface area contributed by atoms with Crippen LogP contribution in [0.4, 0.5) is 0 Å². The molecule has 1 aromatic rings. The highest BCUT2D eigenvalue weighted by Gasteiger charge is 2.45. The predicted molar refractivity (Wildman–Crippen MR) is 71.7 cm³/mol. The van der Waals surface area contributed by atoms with Crippen LogP contribution in [0.2, 0.25) is 0 Å². The van der Waals surface area contributed by atoms with Gasteiger partial charge in [0.05, 0.1) is 6.61 Å². The molecular weight excluding hydrogens is 296 g/mol. The Labute approximate surface area is 125 Å². The van der Waals surface area contributed by atoms with Crippen molar-refractivity contribution in [1.29, 1.82) is 0 Å². The second kappa shape index (κ2) is 6.01. The number of imidazole rings is 1. The number of carbonyl (C=O) groups is 2. The van der Waals surface area contributed by atoms with Crippen molar-refractivity contribution in [2.75, 3.05) is 6.61 Å². The summed E-state index contributed by atoms with van der Waals surface area (Å²) in [7, 11) is 0. The molecule has 2 amide bonds. The summed E-state index contributed by atoms with van der Waals surface area (Å²) in [4.78, 5) is 27.1. The lowest BCUT2D eigenvalue weighted by Gasteiger charge is -2.20. The van der Waals surface area contributed by atoms with Crippen LogP contribution in [0.3, 0.4) is 0 Å². The van der Waals surface area contributed by atoms with Crippen molar-refractivity contribution in [2.45, 2.75) is 37.9 Å². The highest BCUT2D eigenvalue weighted by molar-refractivity contribution is 6.04. The Balaban J connectivity index is 2.59. The molecule has 0 unspecified atom stereocenters. The van der Waals surface area contributed by atoms with Crippen molar-refractivity contribution in [3.05, 3.63) is 17.2 Å². The zero-order valence-corrected chi connectivity index (χ0v) is 11.8. The molecule has 10 nitrogen and oxygen atoms in total. The molecule has 22 heavy (non-hydrogen) atoms. The van der Waals surface area contributed by atoms with Gasteiger partial charge in [-0.25, -0.2) is 4.98 Å². The van der Waals surface area contributed by atoms with E-state index in [0.717, 1.165) is 4.57 Å². The van der Waals surface area contributed by atoms with E-state index in [9.17, 15) is 19.8 Å². The topological polar surface area (TPSA) is 174 Å². The number of aromatic nitrogens is 2. The first-order chi connectivity index (χ1) is 10.3. The molecule has 0 saturated carbocycles. The van der Waals surface area contributed by atoms with Crippen LogP contribution < -0.4 is 11.5 Å². The van der Waals surface area contributed by atoms with Crippen molar-refractivity contribution in [2.24, 2.45) is 11.5 Å². The van der Waals surface area contributed by atoms with E-state index < -0.39 is 43.0 Å². The monoisotopic (exact) mass is 314 g/mol. The number of nitrogens with zero attached hydrogens (tertiary/aromatic N) is 2. The summed E-state index contributed by atoms with van der Waals surface area (Å²) in [6, 6.07) is 0. The molecule has 4 atom stereocenters. The van der Waals surface area contributed by atoms with Gasteiger partial charge >= 0.3 is 0 Å². The number of aliphatic hydroxyl groups is 3. The van der Waals surface area contributed by atoms with E-state index in [4.69, 9.17) is 21.3 Å². The molecule has 1 aliphatic rings. The Kier molecular flexibility index (Phi) is 4.47. The maximum atomic E-state index is 11.7. The summed E-state index contributed by atoms with van der Waals surface area (Å²) in [6.07, 6.45) is -4.76. The quantitative estimate of drug-likeness (QED) is 0.391. The van der Waals surface area contributed by atoms with Gasteiger partial charge in [0.15, 0.2) is 11.9 Å². The minimum Gasteiger partial charge on any atom is -0.394 e. The van der Waals surface area contributed by atoms with Gasteiger partial charge in [-0.15, -0.1) is 0 Å². The fraction of sp³-hybridized carbons (Fsp3) is 0.583. The van der Waals surface area contributed by atoms with Crippen molar-refractivity contribution in [1.82, 2.24) is 9.55 Å². The number of aryl methyl sites for hydroxylation is 1. The normalized spacial score (nSPS) is 28.0. The second-order valence-electron chi connectivity index (χ2n) is 4.91. The van der Waals surface area contributed by atoms with E-state index in [1.807, 2.05) is 0 Å². The lowest BCUT2D eigenvalue weighted by molar-refractivity contribution is -0.0546. The van der Waals surface area contributed by atoms with Crippen LogP contribution >= 0.6 is 0 Å². The standard InChI is InChI=1S/C12H18N4O6/c1-2-5-15-6(10(13)20)7(11(14)21)16(5)12-9(19)8(18)4(3-17)22-12/h4,8-9,12,17-19H,2-3H2,1H3,(H2,13,20)(H2,14,21)/t4-,8-,9-,12-/m1/s1. The van der Waals surface area contributed by atoms with Crippen molar-refractivity contribution in [3.63, 3.8) is 0 Å². The summed E-state index contributed by atoms with van der Waals surface area (Å²) < 4.78 is 6.51. The first-order valence-electron chi connectivity index (χ1n) is 6.66. The molecule has 2 rings (SSSR count). The molecule has 1 aromatic heterocycles. The first kappa shape index (κ1) is 16.4. The Morgan fingerprint density at radius 3 is 2.32 bits per heavy atom. The number of carbonyl (C=O) groups excluding carboxylic acids is 2. The minimum absolute atomic E-state index is 0.234. The smallest absolute Gasteiger partial charge is 0.269 e. The largest absolute Gasteiger partial charge is 0.394 e. The van der Waals surface area contributed by atoms with E-state index in [1.54, 1.807) is 6.92 Å². The Morgan fingerprint density at radius 1 is 1.27 bits per heavy atom. The SMILES string of the molecule is CCc1nc(C(N)=O)c(C(N)=O)n1[C@@H]1O[C@H](CO)[C@@H](O)[C@H]1O. The zero-order valence-electron chi connectivity index (χ0n) is 11.8. The van der Waals surface area contributed by atoms with Crippen LogP contribution in [0.1, 0.15) is 40.0 Å². The van der Waals surface area contributed by atoms with E-state index >= 15 is 0 Å². The van der Waals surface area contributed by atoms with Gasteiger partial charge in [-0.2, -0.15) is 0 Å². The van der Waals surface area contributed by atoms with Gasteiger partial charge in [0, 0.05) is 6.42 Å². The summed E-state index contributed by atoms with van der Waals surface area (Å²) in [5, 5.41) is 29.0. The molecule has 7 N–H and O–H groups in total. The maximum absolute atomic E-state index is 11.7. The first-order valence-corrected chi connectivity index (χ1v) is 6.66. The van der Waals surface area contributed by atoms with Crippen LogP contribution in [-0.4, -0.2) is 61.6 Å². The number of hydrogen-bond acceptors (Lipinski definition) is 7. The highest BCUT2D eigenvalue weighted by atomic mass is 16.6. The van der Waals surface area contributed by atoms with Gasteiger partial charge in [0.2, 0.25) is 0 Å². The summed E-state index contributed by atoms with van der Waals surface area (Å²) in [5.74, 6) is -1.69. The summed E-state index contributed by atoms with van der Waals surface area (Å²) in [6.45, 7) is 1.18. The molecule has 1 fully saturated rings. The Bertz CT molecular complexity index is 601. The van der Waals surface area contributed by atoms with E-state index in [-0.39, 0.29) is 17.2 Å². The predicted octanol–water partition coefficient (Wildman–Crippen LogP) is -2.75. The summed E-state index contributed by atoms with van der Waals surface area (Å²) in [5.41, 5.74) is 9.83. The highest BCUT2D eigenvalue weighted by Crippen LogP contribution is 2.32. The second-order valence-corrected chi connectivity index (χ2v) is 4.91. The fourth-order valence-corrected chi connectivity index (χ4v) is 2.50. The number of nitrogens with two attached hydrogens (primary N) is 2. The van der Waals surface area contributed by atoms with Crippen LogP contribution in [0, 0.1) is 0 Å². The molecule has 0 spiro atoms. The van der Waals surface area contributed by atoms with Crippen LogP contribution in [0.25, 0.3) is 0 Å². The van der Waals surface area contributed by atoms with Crippen LogP contribution in [-0.2, 0) is 11.2 Å². The van der Waals surface area contributed by atoms with Gasteiger partial charge in [-0.05, 0) is 0 Å². The molecule has 1 saturated heterocycles. The third-order valence-electron chi connectivity index (χ3n) is 3.54. The molecule has 2 heterocycles. The zero-order chi connectivity index (χ0) is 16.6. The van der Waals surface area contributed by atoms with E-state index in [0.29, 0.717) is 6.42 Å². The van der Waals surface area contributed by atoms with Gasteiger partial charge in [-0.3, -0.25) is 14.2 Å². The number of hydrogen-bond donors (Lipinski definition) is 5. The Hall–Kier alpha value is -2.01. The molecule has 122 valence electrons. The molecule has 0 bridgehead atoms. The van der Waals surface area contributed by atoms with Crippen LogP contribution in [0.15, 0.2) is 0 Å². The molecule has 0 aromatic carbocycles. The van der Waals surface area contributed by atoms with Crippen molar-refractivity contribution < 1.29 is 29.6 Å². The number of aliphatic hydroxyl groups excluding tert-OH is 3. The number of ether oxygens (including phenoxy) is 1. The molecule has 10 heteroatoms. The van der Waals surface area contributed by atoms with Crippen LogP contribution in [0.5, 0.6) is 0 Å². The average molecular weight is 314 g/mol. The number of amides is 2. The lowest BCUT2D eigenvalue weighted by Crippen LogP contribution is -2.34. The number of rotatable bonds is 5.